The van der Waals surface area contributed by atoms with Gasteiger partial charge in [0.25, 0.3) is 5.91 Å². The van der Waals surface area contributed by atoms with E-state index in [1.807, 2.05) is 6.92 Å². The molecule has 0 saturated heterocycles. The van der Waals surface area contributed by atoms with E-state index in [1.54, 1.807) is 32.3 Å². The second-order valence-corrected chi connectivity index (χ2v) is 8.03. The molecule has 2 aliphatic rings. The minimum absolute atomic E-state index is 0.00852. The highest BCUT2D eigenvalue weighted by atomic mass is 16.5. The Labute approximate surface area is 161 Å². The lowest BCUT2D eigenvalue weighted by Gasteiger charge is -2.43. The first kappa shape index (κ1) is 19.7. The van der Waals surface area contributed by atoms with Gasteiger partial charge in [0.15, 0.2) is 0 Å². The molecule has 0 spiro atoms. The molecule has 0 aliphatic heterocycles. The van der Waals surface area contributed by atoms with Crippen LogP contribution in [0, 0.1) is 17.8 Å². The minimum Gasteiger partial charge on any atom is -0.492 e. The molecule has 148 valence electrons. The number of benzene rings is 1. The monoisotopic (exact) mass is 373 g/mol. The highest BCUT2D eigenvalue weighted by molar-refractivity contribution is 5.98. The fraction of sp³-hybridized carbons (Fsp3) is 0.619. The zero-order valence-electron chi connectivity index (χ0n) is 16.5. The number of amides is 2. The number of fused-ring (bicyclic) bond motifs is 2. The molecule has 2 bridgehead atoms. The van der Waals surface area contributed by atoms with Gasteiger partial charge in [-0.25, -0.2) is 0 Å². The average molecular weight is 373 g/mol. The Hall–Kier alpha value is -2.08. The van der Waals surface area contributed by atoms with Crippen LogP contribution in [0.4, 0.5) is 5.69 Å². The third-order valence-electron chi connectivity index (χ3n) is 5.97. The Morgan fingerprint density at radius 1 is 1.22 bits per heavy atom. The minimum atomic E-state index is -0.105. The Bertz CT molecular complexity index is 690. The van der Waals surface area contributed by atoms with Gasteiger partial charge in [-0.1, -0.05) is 6.42 Å². The van der Waals surface area contributed by atoms with Gasteiger partial charge in [-0.05, 0) is 62.6 Å². The molecular weight excluding hydrogens is 342 g/mol. The maximum absolute atomic E-state index is 13.0. The standard InChI is InChI=1S/C21H31N3O3/c1-4-27-18-9-8-15(21(26)24(2)3)12-17(18)23-20(25)16-10-13-6-5-7-14(11-16)19(13)22/h8-9,12-14,16,19H,4-7,10-11,22H2,1-3H3,(H,23,25). The molecule has 3 N–H and O–H groups in total. The van der Waals surface area contributed by atoms with Crippen molar-refractivity contribution in [2.24, 2.45) is 23.5 Å². The van der Waals surface area contributed by atoms with Crippen LogP contribution in [0.5, 0.6) is 5.75 Å². The molecule has 2 fully saturated rings. The molecule has 0 heterocycles. The van der Waals surface area contributed by atoms with Crippen molar-refractivity contribution in [1.29, 1.82) is 0 Å². The average Bonchev–Trinajstić information content (AvgIpc) is 2.62. The molecule has 27 heavy (non-hydrogen) atoms. The quantitative estimate of drug-likeness (QED) is 0.831. The molecule has 2 atom stereocenters. The first-order valence-electron chi connectivity index (χ1n) is 9.95. The van der Waals surface area contributed by atoms with Gasteiger partial charge in [-0.15, -0.1) is 0 Å². The molecule has 1 aromatic carbocycles. The van der Waals surface area contributed by atoms with E-state index in [0.29, 0.717) is 35.4 Å². The fourth-order valence-corrected chi connectivity index (χ4v) is 4.54. The number of hydrogen-bond donors (Lipinski definition) is 2. The number of carbonyl (C=O) groups is 2. The van der Waals surface area contributed by atoms with Crippen LogP contribution in [-0.2, 0) is 4.79 Å². The van der Waals surface area contributed by atoms with Crippen molar-refractivity contribution in [1.82, 2.24) is 4.90 Å². The van der Waals surface area contributed by atoms with Crippen LogP contribution >= 0.6 is 0 Å². The van der Waals surface area contributed by atoms with E-state index in [2.05, 4.69) is 5.32 Å². The van der Waals surface area contributed by atoms with E-state index in [4.69, 9.17) is 10.5 Å². The molecule has 6 nitrogen and oxygen atoms in total. The highest BCUT2D eigenvalue weighted by Gasteiger charge is 2.40. The summed E-state index contributed by atoms with van der Waals surface area (Å²) in [5.41, 5.74) is 7.44. The van der Waals surface area contributed by atoms with Crippen molar-refractivity contribution >= 4 is 17.5 Å². The summed E-state index contributed by atoms with van der Waals surface area (Å²) < 4.78 is 5.65. The molecular formula is C21H31N3O3. The largest absolute Gasteiger partial charge is 0.492 e. The summed E-state index contributed by atoms with van der Waals surface area (Å²) in [4.78, 5) is 26.8. The number of nitrogens with zero attached hydrogens (tertiary/aromatic N) is 1. The van der Waals surface area contributed by atoms with Gasteiger partial charge in [0.1, 0.15) is 5.75 Å². The Balaban J connectivity index is 1.77. The number of anilines is 1. The van der Waals surface area contributed by atoms with Crippen LogP contribution in [0.2, 0.25) is 0 Å². The van der Waals surface area contributed by atoms with Gasteiger partial charge in [-0.2, -0.15) is 0 Å². The SMILES string of the molecule is CCOc1ccc(C(=O)N(C)C)cc1NC(=O)C1CC2CCCC(C1)C2N. The zero-order valence-corrected chi connectivity index (χ0v) is 16.5. The molecule has 2 saturated carbocycles. The van der Waals surface area contributed by atoms with Crippen molar-refractivity contribution < 1.29 is 14.3 Å². The summed E-state index contributed by atoms with van der Waals surface area (Å²) in [5, 5.41) is 3.03. The highest BCUT2D eigenvalue weighted by Crippen LogP contribution is 2.42. The van der Waals surface area contributed by atoms with E-state index in [0.717, 1.165) is 25.7 Å². The van der Waals surface area contributed by atoms with E-state index in [1.165, 1.54) is 11.3 Å². The number of nitrogens with one attached hydrogen (secondary N) is 1. The molecule has 6 heteroatoms. The van der Waals surface area contributed by atoms with Crippen LogP contribution < -0.4 is 15.8 Å². The van der Waals surface area contributed by atoms with Crippen molar-refractivity contribution in [2.45, 2.75) is 45.1 Å². The second-order valence-electron chi connectivity index (χ2n) is 8.03. The third-order valence-corrected chi connectivity index (χ3v) is 5.97. The summed E-state index contributed by atoms with van der Waals surface area (Å²) in [7, 11) is 3.42. The maximum atomic E-state index is 13.0. The first-order chi connectivity index (χ1) is 12.9. The van der Waals surface area contributed by atoms with E-state index in [9.17, 15) is 9.59 Å². The summed E-state index contributed by atoms with van der Waals surface area (Å²) >= 11 is 0. The van der Waals surface area contributed by atoms with Crippen LogP contribution in [0.15, 0.2) is 18.2 Å². The van der Waals surface area contributed by atoms with Gasteiger partial charge in [0, 0.05) is 31.6 Å². The number of rotatable bonds is 5. The predicted molar refractivity (Wildman–Crippen MR) is 106 cm³/mol. The second kappa shape index (κ2) is 8.30. The van der Waals surface area contributed by atoms with Gasteiger partial charge in [-0.3, -0.25) is 9.59 Å². The van der Waals surface area contributed by atoms with Crippen LogP contribution in [0.1, 0.15) is 49.4 Å². The molecule has 2 unspecified atom stereocenters. The Kier molecular flexibility index (Phi) is 6.05. The summed E-state index contributed by atoms with van der Waals surface area (Å²) in [5.74, 6) is 1.36. The molecule has 2 amide bonds. The molecule has 3 rings (SSSR count). The van der Waals surface area contributed by atoms with Gasteiger partial charge >= 0.3 is 0 Å². The van der Waals surface area contributed by atoms with Gasteiger partial charge < -0.3 is 20.7 Å². The summed E-state index contributed by atoms with van der Waals surface area (Å²) in [6, 6.07) is 5.43. The third kappa shape index (κ3) is 4.26. The Morgan fingerprint density at radius 2 is 1.89 bits per heavy atom. The summed E-state index contributed by atoms with van der Waals surface area (Å²) in [6.45, 7) is 2.39. The number of carbonyl (C=O) groups excluding carboxylic acids is 2. The van der Waals surface area contributed by atoms with Crippen molar-refractivity contribution in [3.05, 3.63) is 23.8 Å². The normalized spacial score (nSPS) is 27.0. The van der Waals surface area contributed by atoms with Crippen molar-refractivity contribution in [3.63, 3.8) is 0 Å². The first-order valence-corrected chi connectivity index (χ1v) is 9.95. The van der Waals surface area contributed by atoms with Gasteiger partial charge in [0.2, 0.25) is 5.91 Å². The van der Waals surface area contributed by atoms with Crippen LogP contribution in [-0.4, -0.2) is 43.5 Å². The fourth-order valence-electron chi connectivity index (χ4n) is 4.54. The lowest BCUT2D eigenvalue weighted by molar-refractivity contribution is -0.122. The zero-order chi connectivity index (χ0) is 19.6. The topological polar surface area (TPSA) is 84.7 Å². The molecule has 2 aliphatic carbocycles. The molecule has 1 aromatic rings. The molecule has 0 aromatic heterocycles. The number of hydrogen-bond acceptors (Lipinski definition) is 4. The van der Waals surface area contributed by atoms with Crippen molar-refractivity contribution in [2.75, 3.05) is 26.0 Å². The van der Waals surface area contributed by atoms with Gasteiger partial charge in [0.05, 0.1) is 12.3 Å². The van der Waals surface area contributed by atoms with E-state index >= 15 is 0 Å². The van der Waals surface area contributed by atoms with E-state index < -0.39 is 0 Å². The Morgan fingerprint density at radius 3 is 2.48 bits per heavy atom. The van der Waals surface area contributed by atoms with E-state index in [-0.39, 0.29) is 23.8 Å². The van der Waals surface area contributed by atoms with Crippen LogP contribution in [0.25, 0.3) is 0 Å². The predicted octanol–water partition coefficient (Wildman–Crippen LogP) is 2.88. The lowest BCUT2D eigenvalue weighted by Crippen LogP contribution is -2.48. The number of ether oxygens (including phenoxy) is 1. The summed E-state index contributed by atoms with van der Waals surface area (Å²) in [6.07, 6.45) is 5.17. The lowest BCUT2D eigenvalue weighted by atomic mass is 9.65. The maximum Gasteiger partial charge on any atom is 0.253 e. The smallest absolute Gasteiger partial charge is 0.253 e. The number of nitrogens with two attached hydrogens (primary N) is 1. The van der Waals surface area contributed by atoms with Crippen molar-refractivity contribution in [3.8, 4) is 5.75 Å². The molecule has 0 radical (unpaired) electrons. The van der Waals surface area contributed by atoms with Crippen LogP contribution in [0.3, 0.4) is 0 Å².